The summed E-state index contributed by atoms with van der Waals surface area (Å²) < 4.78 is 21.0. The molecule has 0 unspecified atom stereocenters. The second kappa shape index (κ2) is 9.36. The van der Waals surface area contributed by atoms with Crippen LogP contribution in [0.1, 0.15) is 0 Å². The van der Waals surface area contributed by atoms with Gasteiger partial charge in [0.1, 0.15) is 0 Å². The van der Waals surface area contributed by atoms with Gasteiger partial charge in [-0.15, -0.1) is 0 Å². The molecule has 4 N–H and O–H groups in total. The summed E-state index contributed by atoms with van der Waals surface area (Å²) in [4.78, 5) is 9.47. The van der Waals surface area contributed by atoms with Crippen molar-refractivity contribution in [3.8, 4) is 0 Å². The fourth-order valence-corrected chi connectivity index (χ4v) is 0.605. The van der Waals surface area contributed by atoms with Crippen LogP contribution in [-0.4, -0.2) is 19.9 Å². The summed E-state index contributed by atoms with van der Waals surface area (Å²) >= 11 is 0. The molecule has 0 atom stereocenters. The average molecular weight is 218 g/mol. The van der Waals surface area contributed by atoms with E-state index in [0.717, 1.165) is 0 Å². The molecule has 0 fully saturated rings. The fraction of sp³-hybridized carbons (Fsp3) is 0. The van der Waals surface area contributed by atoms with E-state index in [2.05, 4.69) is 10.1 Å². The van der Waals surface area contributed by atoms with Crippen LogP contribution in [0.4, 0.5) is 4.79 Å². The maximum atomic E-state index is 9.47. The van der Waals surface area contributed by atoms with Gasteiger partial charge in [0.05, 0.1) is 0 Å². The Labute approximate surface area is 82.4 Å². The van der Waals surface area contributed by atoms with Crippen LogP contribution in [-0.2, 0) is 10.5 Å². The average Bonchev–Trinajstić information content (AvgIpc) is 2.06. The molecule has 6 nitrogen and oxygen atoms in total. The fourth-order valence-electron chi connectivity index (χ4n) is 0.458. The normalized spacial score (nSPS) is 7.14. The van der Waals surface area contributed by atoms with Gasteiger partial charge in [0.25, 0.3) is 0 Å². The number of carbonyl (C=O) groups excluding carboxylic acids is 1. The highest BCUT2D eigenvalue weighted by Gasteiger charge is 1.80. The maximum Gasteiger partial charge on any atom is 0.353 e. The Kier molecular flexibility index (Phi) is 9.88. The van der Waals surface area contributed by atoms with Crippen molar-refractivity contribution in [1.29, 1.82) is 0 Å². The van der Waals surface area contributed by atoms with Crippen LogP contribution in [0.3, 0.4) is 0 Å². The number of benzene rings is 1. The van der Waals surface area contributed by atoms with Gasteiger partial charge in [0, 0.05) is 0 Å². The second-order valence-electron chi connectivity index (χ2n) is 1.80. The highest BCUT2D eigenvalue weighted by Crippen LogP contribution is 1.79. The van der Waals surface area contributed by atoms with Gasteiger partial charge in [0.2, 0.25) is 0 Å². The minimum atomic E-state index is -2.70. The van der Waals surface area contributed by atoms with Crippen molar-refractivity contribution in [2.75, 3.05) is 0 Å². The molecule has 0 aliphatic rings. The predicted molar refractivity (Wildman–Crippen MR) is 51.0 cm³/mol. The molecule has 1 aromatic carbocycles. The number of urea groups is 1. The second-order valence-corrected chi connectivity index (χ2v) is 2.42. The quantitative estimate of drug-likeness (QED) is 0.658. The number of hydrogen-bond donors (Lipinski definition) is 1. The van der Waals surface area contributed by atoms with Crippen LogP contribution < -0.4 is 5.73 Å². The van der Waals surface area contributed by atoms with Crippen molar-refractivity contribution < 1.29 is 18.7 Å². The number of nitrogens with two attached hydrogens (primary N) is 1. The van der Waals surface area contributed by atoms with Crippen molar-refractivity contribution in [3.63, 3.8) is 0 Å². The van der Waals surface area contributed by atoms with Crippen molar-refractivity contribution in [3.05, 3.63) is 36.4 Å². The van der Waals surface area contributed by atoms with Crippen molar-refractivity contribution >= 4 is 16.5 Å². The van der Waals surface area contributed by atoms with Gasteiger partial charge in [0.15, 0.2) is 0 Å². The standard InChI is InChI=1S/C6H6.CH2N2O3S.H2O/c1-2-4-6-5-3-1;2-1(4)3-7(5)6;/h1-6H;(H2,2,4);1H2. The molecule has 1 rings (SSSR count). The molecule has 0 radical (unpaired) electrons. The van der Waals surface area contributed by atoms with E-state index in [-0.39, 0.29) is 5.48 Å². The zero-order valence-corrected chi connectivity index (χ0v) is 7.94. The van der Waals surface area contributed by atoms with E-state index in [4.69, 9.17) is 0 Å². The summed E-state index contributed by atoms with van der Waals surface area (Å²) in [7, 11) is -2.70. The highest BCUT2D eigenvalue weighted by atomic mass is 32.2. The number of hydrogen-bond acceptors (Lipinski definition) is 3. The first-order valence-electron chi connectivity index (χ1n) is 3.23. The summed E-state index contributed by atoms with van der Waals surface area (Å²) in [5.41, 5.74) is 4.29. The number of primary amides is 1. The van der Waals surface area contributed by atoms with Gasteiger partial charge in [-0.3, -0.25) is 0 Å². The Bertz CT molecular complexity index is 339. The van der Waals surface area contributed by atoms with Crippen molar-refractivity contribution in [2.45, 2.75) is 0 Å². The van der Waals surface area contributed by atoms with Crippen LogP contribution in [0, 0.1) is 0 Å². The topological polar surface area (TPSA) is 121 Å². The van der Waals surface area contributed by atoms with Gasteiger partial charge in [-0.05, 0) is 0 Å². The molecule has 7 heteroatoms. The van der Waals surface area contributed by atoms with Gasteiger partial charge in [-0.1, -0.05) is 40.8 Å². The van der Waals surface area contributed by atoms with E-state index in [0.29, 0.717) is 0 Å². The third-order valence-electron chi connectivity index (χ3n) is 0.831. The largest absolute Gasteiger partial charge is 0.412 e. The van der Waals surface area contributed by atoms with Gasteiger partial charge in [-0.25, -0.2) is 4.79 Å². The molecule has 0 aliphatic carbocycles. The molecule has 0 spiro atoms. The predicted octanol–water partition coefficient (Wildman–Crippen LogP) is -0.0103. The molecule has 0 aliphatic heterocycles. The maximum absolute atomic E-state index is 9.47. The summed E-state index contributed by atoms with van der Waals surface area (Å²) in [6.45, 7) is 0. The first-order valence-corrected chi connectivity index (χ1v) is 4.26. The molecule has 0 bridgehead atoms. The van der Waals surface area contributed by atoms with Gasteiger partial charge >= 0.3 is 16.5 Å². The molecular formula is C7H10N2O4S. The van der Waals surface area contributed by atoms with Crippen molar-refractivity contribution in [1.82, 2.24) is 0 Å². The molecule has 0 saturated heterocycles. The number of rotatable bonds is 0. The molecule has 0 aromatic heterocycles. The van der Waals surface area contributed by atoms with E-state index in [1.807, 2.05) is 36.4 Å². The van der Waals surface area contributed by atoms with E-state index < -0.39 is 16.5 Å². The summed E-state index contributed by atoms with van der Waals surface area (Å²) in [6.07, 6.45) is 0. The van der Waals surface area contributed by atoms with Crippen LogP contribution in [0.5, 0.6) is 0 Å². The zero-order chi connectivity index (χ0) is 10.1. The first kappa shape index (κ1) is 14.8. The monoisotopic (exact) mass is 218 g/mol. The van der Waals surface area contributed by atoms with Gasteiger partial charge < -0.3 is 11.2 Å². The number of amides is 2. The van der Waals surface area contributed by atoms with Gasteiger partial charge in [-0.2, -0.15) is 8.42 Å². The van der Waals surface area contributed by atoms with E-state index >= 15 is 0 Å². The smallest absolute Gasteiger partial charge is 0.353 e. The Morgan fingerprint density at radius 2 is 1.29 bits per heavy atom. The van der Waals surface area contributed by atoms with Crippen LogP contribution in [0.2, 0.25) is 0 Å². The molecule has 2 amide bonds. The lowest BCUT2D eigenvalue weighted by molar-refractivity contribution is 0.257. The zero-order valence-electron chi connectivity index (χ0n) is 7.12. The Morgan fingerprint density at radius 3 is 1.36 bits per heavy atom. The molecule has 0 saturated carbocycles. The van der Waals surface area contributed by atoms with E-state index in [9.17, 15) is 13.2 Å². The molecular weight excluding hydrogens is 208 g/mol. The van der Waals surface area contributed by atoms with Crippen LogP contribution in [0.15, 0.2) is 40.8 Å². The van der Waals surface area contributed by atoms with Crippen LogP contribution in [0.25, 0.3) is 0 Å². The minimum absolute atomic E-state index is 0. The third kappa shape index (κ3) is 12.9. The van der Waals surface area contributed by atoms with E-state index in [1.54, 1.807) is 0 Å². The van der Waals surface area contributed by atoms with E-state index in [1.165, 1.54) is 0 Å². The van der Waals surface area contributed by atoms with Crippen LogP contribution >= 0.6 is 0 Å². The summed E-state index contributed by atoms with van der Waals surface area (Å²) in [6, 6.07) is 10.8. The lowest BCUT2D eigenvalue weighted by atomic mass is 10.4. The highest BCUT2D eigenvalue weighted by molar-refractivity contribution is 7.62. The Balaban J connectivity index is 0. The Hall–Kier alpha value is -1.73. The summed E-state index contributed by atoms with van der Waals surface area (Å²) in [5, 5.41) is 0. The molecule has 14 heavy (non-hydrogen) atoms. The number of nitrogens with zero attached hydrogens (tertiary/aromatic N) is 1. The third-order valence-corrected chi connectivity index (χ3v) is 1.16. The lowest BCUT2D eigenvalue weighted by Gasteiger charge is -1.69. The van der Waals surface area contributed by atoms with Crippen molar-refractivity contribution in [2.24, 2.45) is 10.1 Å². The molecule has 1 aromatic rings. The summed E-state index contributed by atoms with van der Waals surface area (Å²) in [5.74, 6) is 0. The number of carbonyl (C=O) groups is 1. The lowest BCUT2D eigenvalue weighted by Crippen LogP contribution is -2.02. The SMILES string of the molecule is NC(=O)N=S(=O)=O.O.c1ccccc1. The first-order chi connectivity index (χ1) is 6.13. The minimum Gasteiger partial charge on any atom is -0.412 e. The molecule has 78 valence electrons. The molecule has 0 heterocycles. The Morgan fingerprint density at radius 1 is 1.00 bits per heavy atom.